The second-order valence-electron chi connectivity index (χ2n) is 6.54. The fourth-order valence-electron chi connectivity index (χ4n) is 2.66. The van der Waals surface area contributed by atoms with Crippen molar-refractivity contribution in [3.8, 4) is 0 Å². The van der Waals surface area contributed by atoms with E-state index in [2.05, 4.69) is 0 Å². The van der Waals surface area contributed by atoms with Crippen LogP contribution in [0.4, 0.5) is 0 Å². The van der Waals surface area contributed by atoms with Gasteiger partial charge in [-0.3, -0.25) is 9.59 Å². The molecule has 0 radical (unpaired) electrons. The number of carbonyl (C=O) groups is 2. The maximum absolute atomic E-state index is 12.0. The standard InChI is InChI=1S/C13H21NO4/c1-12(2,6-11(16)17)5-10(15)14-7-13(18,8-14)9-3-4-9/h9,18H,3-8H2,1-2H3,(H,16,17). The van der Waals surface area contributed by atoms with Crippen LogP contribution in [0.2, 0.25) is 0 Å². The first-order valence-electron chi connectivity index (χ1n) is 6.44. The first-order valence-corrected chi connectivity index (χ1v) is 6.44. The van der Waals surface area contributed by atoms with E-state index in [-0.39, 0.29) is 18.7 Å². The number of nitrogens with zero attached hydrogens (tertiary/aromatic N) is 1. The molecule has 1 aliphatic carbocycles. The van der Waals surface area contributed by atoms with Crippen LogP contribution in [0.5, 0.6) is 0 Å². The number of hydrogen-bond donors (Lipinski definition) is 2. The van der Waals surface area contributed by atoms with Crippen LogP contribution < -0.4 is 0 Å². The van der Waals surface area contributed by atoms with Crippen molar-refractivity contribution < 1.29 is 19.8 Å². The number of carbonyl (C=O) groups excluding carboxylic acids is 1. The van der Waals surface area contributed by atoms with E-state index in [1.54, 1.807) is 18.7 Å². The summed E-state index contributed by atoms with van der Waals surface area (Å²) >= 11 is 0. The number of aliphatic hydroxyl groups is 1. The van der Waals surface area contributed by atoms with Crippen LogP contribution in [-0.4, -0.2) is 45.7 Å². The van der Waals surface area contributed by atoms with Crippen molar-refractivity contribution in [1.29, 1.82) is 0 Å². The molecule has 0 unspecified atom stereocenters. The first-order chi connectivity index (χ1) is 8.22. The molecule has 2 aliphatic rings. The molecular weight excluding hydrogens is 234 g/mol. The Morgan fingerprint density at radius 1 is 1.28 bits per heavy atom. The molecular formula is C13H21NO4. The molecule has 5 nitrogen and oxygen atoms in total. The van der Waals surface area contributed by atoms with E-state index in [1.165, 1.54) is 0 Å². The summed E-state index contributed by atoms with van der Waals surface area (Å²) in [7, 11) is 0. The van der Waals surface area contributed by atoms with Crippen molar-refractivity contribution in [3.63, 3.8) is 0 Å². The first kappa shape index (κ1) is 13.3. The largest absolute Gasteiger partial charge is 0.481 e. The Balaban J connectivity index is 1.81. The van der Waals surface area contributed by atoms with Crippen molar-refractivity contribution in [2.45, 2.75) is 45.1 Å². The quantitative estimate of drug-likeness (QED) is 0.764. The van der Waals surface area contributed by atoms with Crippen molar-refractivity contribution >= 4 is 11.9 Å². The van der Waals surface area contributed by atoms with Crippen molar-refractivity contribution in [2.24, 2.45) is 11.3 Å². The Hall–Kier alpha value is -1.10. The van der Waals surface area contributed by atoms with E-state index in [0.717, 1.165) is 12.8 Å². The van der Waals surface area contributed by atoms with Gasteiger partial charge in [0.05, 0.1) is 19.5 Å². The average molecular weight is 255 g/mol. The van der Waals surface area contributed by atoms with Gasteiger partial charge < -0.3 is 15.1 Å². The molecule has 0 aromatic carbocycles. The van der Waals surface area contributed by atoms with Crippen LogP contribution in [0.3, 0.4) is 0 Å². The second kappa shape index (κ2) is 4.23. The monoisotopic (exact) mass is 255 g/mol. The fourth-order valence-corrected chi connectivity index (χ4v) is 2.66. The normalized spacial score (nSPS) is 22.5. The molecule has 1 saturated carbocycles. The molecule has 102 valence electrons. The lowest BCUT2D eigenvalue weighted by Crippen LogP contribution is -2.65. The maximum atomic E-state index is 12.0. The lowest BCUT2D eigenvalue weighted by molar-refractivity contribution is -0.161. The average Bonchev–Trinajstić information content (AvgIpc) is 2.91. The zero-order valence-electron chi connectivity index (χ0n) is 11.0. The molecule has 5 heteroatoms. The molecule has 0 aromatic heterocycles. The van der Waals surface area contributed by atoms with Crippen LogP contribution in [-0.2, 0) is 9.59 Å². The Labute approximate surface area is 107 Å². The third-order valence-corrected chi connectivity index (χ3v) is 3.88. The minimum atomic E-state index is -0.883. The Bertz CT molecular complexity index is 367. The number of aliphatic carboxylic acids is 1. The fraction of sp³-hybridized carbons (Fsp3) is 0.846. The number of carboxylic acid groups (broad SMARTS) is 1. The Kier molecular flexibility index (Phi) is 3.13. The predicted octanol–water partition coefficient (Wildman–Crippen LogP) is 0.861. The van der Waals surface area contributed by atoms with Crippen molar-refractivity contribution in [2.75, 3.05) is 13.1 Å². The highest BCUT2D eigenvalue weighted by Gasteiger charge is 2.53. The molecule has 1 amide bonds. The third-order valence-electron chi connectivity index (χ3n) is 3.88. The van der Waals surface area contributed by atoms with Gasteiger partial charge in [-0.15, -0.1) is 0 Å². The maximum Gasteiger partial charge on any atom is 0.303 e. The van der Waals surface area contributed by atoms with Crippen molar-refractivity contribution in [3.05, 3.63) is 0 Å². The van der Waals surface area contributed by atoms with Gasteiger partial charge in [0.25, 0.3) is 0 Å². The van der Waals surface area contributed by atoms with Gasteiger partial charge in [-0.25, -0.2) is 0 Å². The predicted molar refractivity (Wildman–Crippen MR) is 64.9 cm³/mol. The van der Waals surface area contributed by atoms with Gasteiger partial charge in [0, 0.05) is 6.42 Å². The Morgan fingerprint density at radius 3 is 2.28 bits per heavy atom. The molecule has 1 aliphatic heterocycles. The van der Waals surface area contributed by atoms with Crippen LogP contribution in [0.25, 0.3) is 0 Å². The number of amides is 1. The van der Waals surface area contributed by atoms with E-state index in [1.807, 2.05) is 0 Å². The van der Waals surface area contributed by atoms with Crippen LogP contribution in [0.15, 0.2) is 0 Å². The summed E-state index contributed by atoms with van der Waals surface area (Å²) in [5.41, 5.74) is -1.19. The van der Waals surface area contributed by atoms with Crippen LogP contribution in [0, 0.1) is 11.3 Å². The van der Waals surface area contributed by atoms with Gasteiger partial charge in [0.15, 0.2) is 0 Å². The van der Waals surface area contributed by atoms with Gasteiger partial charge in [-0.1, -0.05) is 13.8 Å². The summed E-state index contributed by atoms with van der Waals surface area (Å²) in [6.07, 6.45) is 2.32. The summed E-state index contributed by atoms with van der Waals surface area (Å²) in [6.45, 7) is 4.40. The number of carboxylic acids is 1. The van der Waals surface area contributed by atoms with E-state index in [0.29, 0.717) is 19.0 Å². The lowest BCUT2D eigenvalue weighted by atomic mass is 9.83. The highest BCUT2D eigenvalue weighted by Crippen LogP contribution is 2.45. The van der Waals surface area contributed by atoms with Crippen LogP contribution >= 0.6 is 0 Å². The third kappa shape index (κ3) is 2.83. The smallest absolute Gasteiger partial charge is 0.303 e. The summed E-state index contributed by atoms with van der Waals surface area (Å²) < 4.78 is 0. The molecule has 1 saturated heterocycles. The number of rotatable bonds is 5. The van der Waals surface area contributed by atoms with Gasteiger partial charge in [-0.05, 0) is 24.2 Å². The van der Waals surface area contributed by atoms with Crippen LogP contribution in [0.1, 0.15) is 39.5 Å². The number of hydrogen-bond acceptors (Lipinski definition) is 3. The van der Waals surface area contributed by atoms with Crippen molar-refractivity contribution in [1.82, 2.24) is 4.90 Å². The Morgan fingerprint density at radius 2 is 1.83 bits per heavy atom. The van der Waals surface area contributed by atoms with E-state index < -0.39 is 17.0 Å². The second-order valence-corrected chi connectivity index (χ2v) is 6.54. The molecule has 0 atom stereocenters. The van der Waals surface area contributed by atoms with E-state index >= 15 is 0 Å². The van der Waals surface area contributed by atoms with Gasteiger partial charge in [0.1, 0.15) is 5.60 Å². The lowest BCUT2D eigenvalue weighted by Gasteiger charge is -2.47. The SMILES string of the molecule is CC(C)(CC(=O)O)CC(=O)N1CC(O)(C2CC2)C1. The molecule has 2 fully saturated rings. The van der Waals surface area contributed by atoms with E-state index in [9.17, 15) is 14.7 Å². The summed E-state index contributed by atoms with van der Waals surface area (Å²) in [6, 6.07) is 0. The minimum Gasteiger partial charge on any atom is -0.481 e. The zero-order chi connectivity index (χ0) is 13.6. The topological polar surface area (TPSA) is 77.8 Å². The van der Waals surface area contributed by atoms with Gasteiger partial charge >= 0.3 is 5.97 Å². The van der Waals surface area contributed by atoms with Gasteiger partial charge in [-0.2, -0.15) is 0 Å². The highest BCUT2D eigenvalue weighted by atomic mass is 16.4. The number of likely N-dealkylation sites (tertiary alicyclic amines) is 1. The zero-order valence-corrected chi connectivity index (χ0v) is 11.0. The summed E-state index contributed by atoms with van der Waals surface area (Å²) in [5, 5.41) is 18.9. The molecule has 0 bridgehead atoms. The molecule has 0 aromatic rings. The molecule has 0 spiro atoms. The molecule has 2 N–H and O–H groups in total. The number of β-amino-alcohol motifs (C(OH)–C–C–N with tert-alkyl or cyclic N) is 1. The summed E-state index contributed by atoms with van der Waals surface area (Å²) in [5.74, 6) is -0.564. The highest BCUT2D eigenvalue weighted by molar-refractivity contribution is 5.79. The summed E-state index contributed by atoms with van der Waals surface area (Å²) in [4.78, 5) is 24.3. The van der Waals surface area contributed by atoms with Gasteiger partial charge in [0.2, 0.25) is 5.91 Å². The van der Waals surface area contributed by atoms with E-state index in [4.69, 9.17) is 5.11 Å². The molecule has 18 heavy (non-hydrogen) atoms. The minimum absolute atomic E-state index is 0.0144. The molecule has 2 rings (SSSR count). The molecule has 1 heterocycles.